The summed E-state index contributed by atoms with van der Waals surface area (Å²) in [5, 5.41) is 16.6. The fraction of sp³-hybridized carbons (Fsp3) is 0.417. The van der Waals surface area contributed by atoms with Gasteiger partial charge in [-0.05, 0) is 42.3 Å². The third-order valence-electron chi connectivity index (χ3n) is 7.25. The highest BCUT2D eigenvalue weighted by Gasteiger charge is 2.55. The second-order valence-electron chi connectivity index (χ2n) is 9.68. The van der Waals surface area contributed by atoms with Gasteiger partial charge in [0.1, 0.15) is 12.1 Å². The lowest BCUT2D eigenvalue weighted by atomic mass is 10.1. The van der Waals surface area contributed by atoms with Crippen molar-refractivity contribution in [2.24, 2.45) is 5.92 Å². The van der Waals surface area contributed by atoms with Crippen LogP contribution in [0.2, 0.25) is 0 Å². The molecule has 2 aliphatic heterocycles. The maximum Gasteiger partial charge on any atom is 0.323 e. The van der Waals surface area contributed by atoms with E-state index in [1.54, 1.807) is 11.3 Å². The number of pyridine rings is 1. The Morgan fingerprint density at radius 3 is 2.73 bits per heavy atom. The van der Waals surface area contributed by atoms with Crippen LogP contribution in [0.5, 0.6) is 0 Å². The highest BCUT2D eigenvalue weighted by molar-refractivity contribution is 7.89. The van der Waals surface area contributed by atoms with Crippen LogP contribution in [0.15, 0.2) is 46.9 Å². The highest BCUT2D eigenvalue weighted by Crippen LogP contribution is 2.37. The summed E-state index contributed by atoms with van der Waals surface area (Å²) in [5.41, 5.74) is 0. The minimum absolute atomic E-state index is 0.198. The minimum atomic E-state index is -4.24. The van der Waals surface area contributed by atoms with Crippen molar-refractivity contribution in [3.63, 3.8) is 0 Å². The molecule has 0 radical (unpaired) electrons. The van der Waals surface area contributed by atoms with Crippen LogP contribution < -0.4 is 10.0 Å². The van der Waals surface area contributed by atoms with Gasteiger partial charge >= 0.3 is 15.0 Å². The Balaban J connectivity index is 1.22. The summed E-state index contributed by atoms with van der Waals surface area (Å²) in [6, 6.07) is 5.37. The Hall–Kier alpha value is -2.87. The van der Waals surface area contributed by atoms with Crippen LogP contribution in [-0.2, 0) is 19.6 Å². The van der Waals surface area contributed by atoms with E-state index in [9.17, 15) is 28.0 Å². The molecule has 6 rings (SSSR count). The molecular weight excluding hydrogens is 536 g/mol. The van der Waals surface area contributed by atoms with Crippen molar-refractivity contribution >= 4 is 59.7 Å². The van der Waals surface area contributed by atoms with Gasteiger partial charge in [0.15, 0.2) is 12.0 Å². The smallest absolute Gasteiger partial charge is 0.323 e. The Morgan fingerprint density at radius 2 is 2.00 bits per heavy atom. The van der Waals surface area contributed by atoms with Crippen LogP contribution >= 0.6 is 22.7 Å². The lowest BCUT2D eigenvalue weighted by Gasteiger charge is -2.28. The van der Waals surface area contributed by atoms with Crippen molar-refractivity contribution in [2.45, 2.75) is 48.8 Å². The number of thiophene rings is 2. The van der Waals surface area contributed by atoms with Crippen molar-refractivity contribution in [1.82, 2.24) is 14.5 Å². The molecule has 3 fully saturated rings. The van der Waals surface area contributed by atoms with Crippen LogP contribution in [0.1, 0.15) is 35.4 Å². The number of nitrogens with zero attached hydrogens (tertiary/aromatic N) is 3. The zero-order valence-corrected chi connectivity index (χ0v) is 22.1. The predicted molar refractivity (Wildman–Crippen MR) is 137 cm³/mol. The molecule has 37 heavy (non-hydrogen) atoms. The average Bonchev–Trinajstić information content (AvgIpc) is 3.20. The molecule has 13 heteroatoms. The maximum atomic E-state index is 13.7. The number of fused-ring (bicyclic) bond motifs is 2. The number of carbonyl (C=O) groups is 3. The van der Waals surface area contributed by atoms with E-state index < -0.39 is 39.7 Å². The molecule has 3 aromatic heterocycles. The number of carbonyl (C=O) groups excluding carboxylic acids is 3. The molecule has 2 amide bonds. The van der Waals surface area contributed by atoms with Gasteiger partial charge in [-0.1, -0.05) is 12.8 Å². The van der Waals surface area contributed by atoms with Crippen LogP contribution in [-0.4, -0.2) is 66.4 Å². The molecule has 194 valence electrons. The van der Waals surface area contributed by atoms with E-state index in [0.29, 0.717) is 17.2 Å². The van der Waals surface area contributed by atoms with Crippen molar-refractivity contribution in [3.8, 4) is 0 Å². The number of ketones is 1. The molecule has 0 aromatic carbocycles. The molecule has 3 aliphatic rings. The minimum Gasteiger partial charge on any atom is -0.618 e. The van der Waals surface area contributed by atoms with E-state index in [1.807, 2.05) is 17.5 Å². The molecule has 0 spiro atoms. The number of amides is 2. The highest BCUT2D eigenvalue weighted by atomic mass is 32.2. The normalized spacial score (nSPS) is 22.9. The Labute approximate surface area is 221 Å². The quantitative estimate of drug-likeness (QED) is 0.346. The maximum absolute atomic E-state index is 13.7. The topological polar surface area (TPSA) is 131 Å². The summed E-state index contributed by atoms with van der Waals surface area (Å²) >= 11 is 2.92. The first kappa shape index (κ1) is 24.5. The number of nitrogens with one attached hydrogen (secondary N) is 1. The van der Waals surface area contributed by atoms with Gasteiger partial charge in [0.25, 0.3) is 5.91 Å². The first-order valence-corrected chi connectivity index (χ1v) is 15.2. The van der Waals surface area contributed by atoms with Crippen LogP contribution in [0, 0.1) is 11.1 Å². The van der Waals surface area contributed by atoms with Gasteiger partial charge in [-0.2, -0.15) is 9.04 Å². The second kappa shape index (κ2) is 9.15. The SMILES string of the molecule is O=C(NC(CC1CC1)C(=O)N1CCC2C1C(=O)CN2S(=O)(=O)c1cccc[n+]1[O-])c1cc2sccc2s1. The molecule has 5 heterocycles. The van der Waals surface area contributed by atoms with Gasteiger partial charge in [0.05, 0.1) is 17.5 Å². The molecule has 3 unspecified atom stereocenters. The summed E-state index contributed by atoms with van der Waals surface area (Å²) < 4.78 is 29.8. The van der Waals surface area contributed by atoms with Crippen molar-refractivity contribution in [3.05, 3.63) is 52.0 Å². The first-order valence-electron chi connectivity index (χ1n) is 12.0. The van der Waals surface area contributed by atoms with Gasteiger partial charge in [-0.15, -0.1) is 22.7 Å². The lowest BCUT2D eigenvalue weighted by Crippen LogP contribution is -2.52. The van der Waals surface area contributed by atoms with Gasteiger partial charge in [-0.25, -0.2) is 8.42 Å². The predicted octanol–water partition coefficient (Wildman–Crippen LogP) is 1.74. The fourth-order valence-corrected chi connectivity index (χ4v) is 8.95. The first-order chi connectivity index (χ1) is 17.7. The summed E-state index contributed by atoms with van der Waals surface area (Å²) in [4.78, 5) is 41.8. The third-order valence-corrected chi connectivity index (χ3v) is 11.2. The van der Waals surface area contributed by atoms with Gasteiger partial charge in [0, 0.05) is 28.1 Å². The molecular formula is C24H24N4O6S3. The fourth-order valence-electron chi connectivity index (χ4n) is 5.29. The summed E-state index contributed by atoms with van der Waals surface area (Å²) in [7, 11) is -4.24. The van der Waals surface area contributed by atoms with Crippen LogP contribution in [0.4, 0.5) is 0 Å². The number of hydrogen-bond acceptors (Lipinski definition) is 8. The summed E-state index contributed by atoms with van der Waals surface area (Å²) in [6.45, 7) is -0.203. The van der Waals surface area contributed by atoms with Crippen LogP contribution in [0.3, 0.4) is 0 Å². The molecule has 3 aromatic rings. The second-order valence-corrected chi connectivity index (χ2v) is 13.5. The summed E-state index contributed by atoms with van der Waals surface area (Å²) in [5.74, 6) is -0.740. The average molecular weight is 561 g/mol. The Kier molecular flexibility index (Phi) is 6.05. The van der Waals surface area contributed by atoms with Crippen molar-refractivity contribution in [2.75, 3.05) is 13.1 Å². The number of hydrogen-bond donors (Lipinski definition) is 1. The van der Waals surface area contributed by atoms with E-state index in [4.69, 9.17) is 0 Å². The van der Waals surface area contributed by atoms with E-state index >= 15 is 0 Å². The van der Waals surface area contributed by atoms with Crippen molar-refractivity contribution < 1.29 is 27.5 Å². The third kappa shape index (κ3) is 4.33. The molecule has 10 nitrogen and oxygen atoms in total. The van der Waals surface area contributed by atoms with Gasteiger partial charge in [-0.3, -0.25) is 14.4 Å². The Morgan fingerprint density at radius 1 is 1.19 bits per heavy atom. The number of aromatic nitrogens is 1. The zero-order valence-electron chi connectivity index (χ0n) is 19.6. The molecule has 1 aliphatic carbocycles. The number of likely N-dealkylation sites (tertiary alicyclic amines) is 1. The molecule has 0 bridgehead atoms. The lowest BCUT2D eigenvalue weighted by molar-refractivity contribution is -0.646. The zero-order chi connectivity index (χ0) is 25.9. The molecule has 1 N–H and O–H groups in total. The van der Waals surface area contributed by atoms with E-state index in [-0.39, 0.29) is 35.3 Å². The molecule has 3 atom stereocenters. The number of sulfonamides is 1. The van der Waals surface area contributed by atoms with E-state index in [0.717, 1.165) is 32.7 Å². The van der Waals surface area contributed by atoms with Crippen LogP contribution in [0.25, 0.3) is 9.40 Å². The standard InChI is InChI=1S/C24H24N4O6S3/c29-17-13-28(37(33,34)21-3-1-2-8-27(21)32)16-6-9-26(22(16)17)24(31)15(11-14-4-5-14)25-23(30)20-12-19-18(36-20)7-10-35-19/h1-3,7-8,10,12,14-16,22H,4-6,9,11,13H2,(H,25,30). The van der Waals surface area contributed by atoms with E-state index in [1.165, 1.54) is 34.4 Å². The Bertz CT molecular complexity index is 1480. The number of rotatable bonds is 7. The summed E-state index contributed by atoms with van der Waals surface area (Å²) in [6.07, 6.45) is 3.82. The monoisotopic (exact) mass is 560 g/mol. The van der Waals surface area contributed by atoms with E-state index in [2.05, 4.69) is 5.32 Å². The molecule has 2 saturated heterocycles. The largest absolute Gasteiger partial charge is 0.618 e. The van der Waals surface area contributed by atoms with Crippen molar-refractivity contribution in [1.29, 1.82) is 0 Å². The van der Waals surface area contributed by atoms with Gasteiger partial charge < -0.3 is 15.4 Å². The van der Waals surface area contributed by atoms with Gasteiger partial charge in [0.2, 0.25) is 5.91 Å². The molecule has 1 saturated carbocycles. The number of Topliss-reactive ketones (excluding diaryl/α,β-unsaturated/α-hetero) is 1.